The van der Waals surface area contributed by atoms with Crippen LogP contribution < -0.4 is 4.74 Å². The van der Waals surface area contributed by atoms with Gasteiger partial charge in [0, 0.05) is 17.1 Å². The van der Waals surface area contributed by atoms with E-state index in [-0.39, 0.29) is 18.3 Å². The molecule has 188 valence electrons. The van der Waals surface area contributed by atoms with Gasteiger partial charge in [0.15, 0.2) is 0 Å². The van der Waals surface area contributed by atoms with Crippen molar-refractivity contribution in [3.8, 4) is 5.75 Å². The Morgan fingerprint density at radius 3 is 2.68 bits per heavy atom. The van der Waals surface area contributed by atoms with Crippen molar-refractivity contribution in [1.82, 2.24) is 9.88 Å². The Balaban J connectivity index is 1.66. The molecule has 1 aliphatic rings. The standard InChI is InChI=1S/C27H38ClFN2O3/c1-3-4-5-6-7-14-31-15-12-27(13-16-31,18-25(32)33)11-10-23(29)26-21-17-20(34-2)8-9-24(21)30-19-22(26)28/h8-9,17,19,23H,3-7,10-16,18H2,1-2H3,(H,32,33). The molecule has 34 heavy (non-hydrogen) atoms. The zero-order valence-electron chi connectivity index (χ0n) is 20.5. The van der Waals surface area contributed by atoms with Crippen LogP contribution >= 0.6 is 11.6 Å². The van der Waals surface area contributed by atoms with Crippen LogP contribution in [0.3, 0.4) is 0 Å². The summed E-state index contributed by atoms with van der Waals surface area (Å²) in [5.74, 6) is -0.185. The predicted octanol–water partition coefficient (Wildman–Crippen LogP) is 7.21. The largest absolute Gasteiger partial charge is 0.497 e. The van der Waals surface area contributed by atoms with E-state index in [2.05, 4.69) is 16.8 Å². The van der Waals surface area contributed by atoms with Crippen LogP contribution in [0.25, 0.3) is 10.9 Å². The van der Waals surface area contributed by atoms with E-state index in [0.29, 0.717) is 33.7 Å². The van der Waals surface area contributed by atoms with E-state index < -0.39 is 12.1 Å². The number of aromatic nitrogens is 1. The molecule has 3 rings (SSSR count). The van der Waals surface area contributed by atoms with Gasteiger partial charge in [-0.1, -0.05) is 44.2 Å². The third-order valence-corrected chi connectivity index (χ3v) is 7.63. The van der Waals surface area contributed by atoms with Crippen molar-refractivity contribution < 1.29 is 19.0 Å². The fraction of sp³-hybridized carbons (Fsp3) is 0.630. The molecule has 5 nitrogen and oxygen atoms in total. The highest BCUT2D eigenvalue weighted by atomic mass is 35.5. The normalized spacial score (nSPS) is 17.1. The molecule has 1 saturated heterocycles. The summed E-state index contributed by atoms with van der Waals surface area (Å²) in [7, 11) is 1.57. The average molecular weight is 493 g/mol. The van der Waals surface area contributed by atoms with Crippen molar-refractivity contribution in [2.45, 2.75) is 77.3 Å². The lowest BCUT2D eigenvalue weighted by atomic mass is 9.71. The number of carboxylic acids is 1. The lowest BCUT2D eigenvalue weighted by Gasteiger charge is -2.41. The molecule has 0 radical (unpaired) electrons. The highest BCUT2D eigenvalue weighted by molar-refractivity contribution is 6.32. The predicted molar refractivity (Wildman–Crippen MR) is 136 cm³/mol. The number of pyridine rings is 1. The Hall–Kier alpha value is -1.92. The molecule has 1 aromatic carbocycles. The fourth-order valence-electron chi connectivity index (χ4n) is 5.22. The molecule has 7 heteroatoms. The zero-order chi connectivity index (χ0) is 24.6. The summed E-state index contributed by atoms with van der Waals surface area (Å²) in [5, 5.41) is 10.5. The number of ether oxygens (including phenoxy) is 1. The number of carboxylic acid groups (broad SMARTS) is 1. The molecular weight excluding hydrogens is 455 g/mol. The SMILES string of the molecule is CCCCCCCN1CCC(CCC(F)c2c(Cl)cnc3ccc(OC)cc23)(CC(=O)O)CC1. The number of likely N-dealkylation sites (tertiary alicyclic amines) is 1. The lowest BCUT2D eigenvalue weighted by Crippen LogP contribution is -2.41. The van der Waals surface area contributed by atoms with Crippen LogP contribution in [0.1, 0.15) is 82.9 Å². The second-order valence-corrected chi connectivity index (χ2v) is 10.1. The molecule has 1 aromatic heterocycles. The minimum absolute atomic E-state index is 0.0860. The van der Waals surface area contributed by atoms with Gasteiger partial charge in [-0.05, 0) is 75.4 Å². The molecule has 2 aromatic rings. The summed E-state index contributed by atoms with van der Waals surface area (Å²) in [6.07, 6.45) is 8.87. The number of unbranched alkanes of at least 4 members (excludes halogenated alkanes) is 4. The molecule has 1 unspecified atom stereocenters. The quantitative estimate of drug-likeness (QED) is 0.299. The van der Waals surface area contributed by atoms with E-state index in [1.807, 2.05) is 0 Å². The van der Waals surface area contributed by atoms with E-state index in [0.717, 1.165) is 32.5 Å². The van der Waals surface area contributed by atoms with Gasteiger partial charge in [-0.2, -0.15) is 0 Å². The summed E-state index contributed by atoms with van der Waals surface area (Å²) >= 11 is 6.39. The van der Waals surface area contributed by atoms with E-state index in [9.17, 15) is 9.90 Å². The Morgan fingerprint density at radius 2 is 2.00 bits per heavy atom. The molecular formula is C27H38ClFN2O3. The Labute approximate surface area is 207 Å². The van der Waals surface area contributed by atoms with Crippen molar-refractivity contribution in [3.05, 3.63) is 35.0 Å². The molecule has 0 saturated carbocycles. The number of carbonyl (C=O) groups is 1. The van der Waals surface area contributed by atoms with Crippen LogP contribution in [0.15, 0.2) is 24.4 Å². The van der Waals surface area contributed by atoms with Crippen LogP contribution in [0.4, 0.5) is 4.39 Å². The number of benzene rings is 1. The number of piperidine rings is 1. The fourth-order valence-corrected chi connectivity index (χ4v) is 5.49. The first-order valence-corrected chi connectivity index (χ1v) is 13.0. The Kier molecular flexibility index (Phi) is 9.96. The number of aliphatic carboxylic acids is 1. The van der Waals surface area contributed by atoms with E-state index >= 15 is 4.39 Å². The molecule has 0 bridgehead atoms. The van der Waals surface area contributed by atoms with Gasteiger partial charge < -0.3 is 14.7 Å². The van der Waals surface area contributed by atoms with Crippen LogP contribution in [-0.4, -0.2) is 47.7 Å². The molecule has 0 aliphatic carbocycles. The van der Waals surface area contributed by atoms with Crippen LogP contribution in [0.2, 0.25) is 5.02 Å². The Bertz CT molecular complexity index is 947. The van der Waals surface area contributed by atoms with Crippen molar-refractivity contribution in [3.63, 3.8) is 0 Å². The van der Waals surface area contributed by atoms with Gasteiger partial charge in [-0.3, -0.25) is 9.78 Å². The number of nitrogens with zero attached hydrogens (tertiary/aromatic N) is 2. The summed E-state index contributed by atoms with van der Waals surface area (Å²) in [6, 6.07) is 5.35. The van der Waals surface area contributed by atoms with Gasteiger partial charge in [0.2, 0.25) is 0 Å². The first-order valence-electron chi connectivity index (χ1n) is 12.6. The summed E-state index contributed by atoms with van der Waals surface area (Å²) in [4.78, 5) is 18.4. The molecule has 1 fully saturated rings. The zero-order valence-corrected chi connectivity index (χ0v) is 21.2. The van der Waals surface area contributed by atoms with Gasteiger partial charge in [-0.15, -0.1) is 0 Å². The summed E-state index contributed by atoms with van der Waals surface area (Å²) in [5.41, 5.74) is 0.706. The minimum atomic E-state index is -1.30. The minimum Gasteiger partial charge on any atom is -0.497 e. The first-order chi connectivity index (χ1) is 16.4. The monoisotopic (exact) mass is 492 g/mol. The van der Waals surface area contributed by atoms with E-state index in [1.54, 1.807) is 25.3 Å². The molecule has 1 aliphatic heterocycles. The number of hydrogen-bond donors (Lipinski definition) is 1. The molecule has 1 atom stereocenters. The smallest absolute Gasteiger partial charge is 0.303 e. The first kappa shape index (κ1) is 26.7. The van der Waals surface area contributed by atoms with Crippen LogP contribution in [-0.2, 0) is 4.79 Å². The van der Waals surface area contributed by atoms with E-state index in [1.165, 1.54) is 38.3 Å². The van der Waals surface area contributed by atoms with Crippen molar-refractivity contribution >= 4 is 28.5 Å². The van der Waals surface area contributed by atoms with Gasteiger partial charge in [0.05, 0.1) is 24.1 Å². The van der Waals surface area contributed by atoms with E-state index in [4.69, 9.17) is 16.3 Å². The second-order valence-electron chi connectivity index (χ2n) is 9.74. The van der Waals surface area contributed by atoms with Crippen molar-refractivity contribution in [2.24, 2.45) is 5.41 Å². The number of halogens is 2. The van der Waals surface area contributed by atoms with Crippen LogP contribution in [0, 0.1) is 5.41 Å². The molecule has 0 amide bonds. The maximum atomic E-state index is 15.7. The van der Waals surface area contributed by atoms with Gasteiger partial charge >= 0.3 is 5.97 Å². The average Bonchev–Trinajstić information content (AvgIpc) is 2.83. The van der Waals surface area contributed by atoms with Gasteiger partial charge in [0.25, 0.3) is 0 Å². The molecule has 1 N–H and O–H groups in total. The molecule has 0 spiro atoms. The number of methoxy groups -OCH3 is 1. The van der Waals surface area contributed by atoms with Gasteiger partial charge in [0.1, 0.15) is 11.9 Å². The maximum Gasteiger partial charge on any atom is 0.303 e. The number of rotatable bonds is 13. The topological polar surface area (TPSA) is 62.7 Å². The van der Waals surface area contributed by atoms with Crippen LogP contribution in [0.5, 0.6) is 5.75 Å². The number of hydrogen-bond acceptors (Lipinski definition) is 4. The van der Waals surface area contributed by atoms with Gasteiger partial charge in [-0.25, -0.2) is 4.39 Å². The Morgan fingerprint density at radius 1 is 1.26 bits per heavy atom. The van der Waals surface area contributed by atoms with Crippen molar-refractivity contribution in [1.29, 1.82) is 0 Å². The summed E-state index contributed by atoms with van der Waals surface area (Å²) in [6.45, 7) is 5.05. The third-order valence-electron chi connectivity index (χ3n) is 7.33. The number of alkyl halides is 1. The maximum absolute atomic E-state index is 15.7. The third kappa shape index (κ3) is 7.05. The lowest BCUT2D eigenvalue weighted by molar-refractivity contribution is -0.141. The van der Waals surface area contributed by atoms with Crippen molar-refractivity contribution in [2.75, 3.05) is 26.7 Å². The highest BCUT2D eigenvalue weighted by Crippen LogP contribution is 2.44. The highest BCUT2D eigenvalue weighted by Gasteiger charge is 2.37. The second kappa shape index (κ2) is 12.7. The number of fused-ring (bicyclic) bond motifs is 1. The molecule has 2 heterocycles. The summed E-state index contributed by atoms with van der Waals surface area (Å²) < 4.78 is 21.0.